The number of carbonyl (C=O) groups is 1. The van der Waals surface area contributed by atoms with Crippen LogP contribution in [0.25, 0.3) is 0 Å². The SMILES string of the molecule is COc1ccccc1C(Nc1ncc(C(=O)N2CCCCC2)cc1Cl)c1nccn1C. The van der Waals surface area contributed by atoms with Crippen LogP contribution in [0.3, 0.4) is 0 Å². The highest BCUT2D eigenvalue weighted by Gasteiger charge is 2.24. The molecule has 31 heavy (non-hydrogen) atoms. The normalized spacial score (nSPS) is 14.9. The molecular formula is C23H26ClN5O2. The number of ether oxygens (including phenoxy) is 1. The van der Waals surface area contributed by atoms with Crippen LogP contribution in [-0.2, 0) is 7.05 Å². The summed E-state index contributed by atoms with van der Waals surface area (Å²) in [5.41, 5.74) is 1.41. The number of imidazole rings is 1. The average molecular weight is 440 g/mol. The Kier molecular flexibility index (Phi) is 6.42. The first-order valence-electron chi connectivity index (χ1n) is 10.4. The highest BCUT2D eigenvalue weighted by atomic mass is 35.5. The van der Waals surface area contributed by atoms with E-state index in [1.54, 1.807) is 25.6 Å². The number of amides is 1. The summed E-state index contributed by atoms with van der Waals surface area (Å²) in [6.07, 6.45) is 8.46. The molecule has 3 aromatic rings. The van der Waals surface area contributed by atoms with E-state index in [-0.39, 0.29) is 11.9 Å². The number of methoxy groups -OCH3 is 1. The van der Waals surface area contributed by atoms with Crippen LogP contribution < -0.4 is 10.1 Å². The topological polar surface area (TPSA) is 72.3 Å². The molecule has 7 nitrogen and oxygen atoms in total. The third kappa shape index (κ3) is 4.51. The number of nitrogens with one attached hydrogen (secondary N) is 1. The lowest BCUT2D eigenvalue weighted by atomic mass is 10.0. The van der Waals surface area contributed by atoms with E-state index < -0.39 is 0 Å². The number of pyridine rings is 1. The van der Waals surface area contributed by atoms with Crippen molar-refractivity contribution in [1.29, 1.82) is 0 Å². The van der Waals surface area contributed by atoms with E-state index in [1.807, 2.05) is 47.0 Å². The molecule has 1 aliphatic heterocycles. The lowest BCUT2D eigenvalue weighted by molar-refractivity contribution is 0.0724. The largest absolute Gasteiger partial charge is 0.496 e. The van der Waals surface area contributed by atoms with Gasteiger partial charge in [-0.1, -0.05) is 29.8 Å². The molecule has 0 aliphatic carbocycles. The smallest absolute Gasteiger partial charge is 0.255 e. The Morgan fingerprint density at radius 3 is 2.65 bits per heavy atom. The predicted molar refractivity (Wildman–Crippen MR) is 121 cm³/mol. The molecule has 3 heterocycles. The molecule has 1 unspecified atom stereocenters. The van der Waals surface area contributed by atoms with Crippen molar-refractivity contribution in [3.8, 4) is 5.75 Å². The number of nitrogens with zero attached hydrogens (tertiary/aromatic N) is 4. The molecule has 1 N–H and O–H groups in total. The zero-order valence-electron chi connectivity index (χ0n) is 17.7. The van der Waals surface area contributed by atoms with E-state index in [9.17, 15) is 4.79 Å². The van der Waals surface area contributed by atoms with Gasteiger partial charge in [-0.2, -0.15) is 0 Å². The summed E-state index contributed by atoms with van der Waals surface area (Å²) in [5, 5.41) is 3.78. The summed E-state index contributed by atoms with van der Waals surface area (Å²) >= 11 is 6.56. The summed E-state index contributed by atoms with van der Waals surface area (Å²) in [5.74, 6) is 1.98. The van der Waals surface area contributed by atoms with Crippen molar-refractivity contribution in [2.75, 3.05) is 25.5 Å². The Morgan fingerprint density at radius 2 is 1.97 bits per heavy atom. The maximum Gasteiger partial charge on any atom is 0.255 e. The number of anilines is 1. The van der Waals surface area contributed by atoms with Gasteiger partial charge < -0.3 is 19.5 Å². The summed E-state index contributed by atoms with van der Waals surface area (Å²) in [7, 11) is 3.57. The lowest BCUT2D eigenvalue weighted by Gasteiger charge is -2.27. The van der Waals surface area contributed by atoms with E-state index in [2.05, 4.69) is 15.3 Å². The molecule has 0 bridgehead atoms. The van der Waals surface area contributed by atoms with E-state index in [0.717, 1.165) is 43.1 Å². The van der Waals surface area contributed by atoms with Crippen LogP contribution in [0.4, 0.5) is 5.82 Å². The number of carbonyl (C=O) groups excluding carboxylic acids is 1. The first-order chi connectivity index (χ1) is 15.1. The van der Waals surface area contributed by atoms with E-state index in [4.69, 9.17) is 16.3 Å². The van der Waals surface area contributed by atoms with Gasteiger partial charge in [-0.25, -0.2) is 9.97 Å². The van der Waals surface area contributed by atoms with E-state index in [0.29, 0.717) is 16.4 Å². The molecule has 1 aromatic carbocycles. The minimum atomic E-state index is -0.343. The standard InChI is InChI=1S/C23H26ClN5O2/c1-28-13-10-25-22(28)20(17-8-4-5-9-19(17)31-2)27-21-18(24)14-16(15-26-21)23(30)29-11-6-3-7-12-29/h4-5,8-10,13-15,20H,3,6-7,11-12H2,1-2H3,(H,26,27). The number of benzene rings is 1. The molecule has 4 rings (SSSR count). The number of hydrogen-bond donors (Lipinski definition) is 1. The molecule has 1 amide bonds. The highest BCUT2D eigenvalue weighted by Crippen LogP contribution is 2.33. The Hall–Kier alpha value is -3.06. The van der Waals surface area contributed by atoms with Gasteiger partial charge in [-0.05, 0) is 31.4 Å². The fraction of sp³-hybridized carbons (Fsp3) is 0.348. The Morgan fingerprint density at radius 1 is 1.19 bits per heavy atom. The maximum absolute atomic E-state index is 12.8. The number of rotatable bonds is 6. The van der Waals surface area contributed by atoms with Crippen molar-refractivity contribution >= 4 is 23.3 Å². The number of likely N-dealkylation sites (tertiary alicyclic amines) is 1. The number of aromatic nitrogens is 3. The van der Waals surface area contributed by atoms with Crippen LogP contribution in [0.1, 0.15) is 47.1 Å². The van der Waals surface area contributed by atoms with Gasteiger partial charge >= 0.3 is 0 Å². The zero-order chi connectivity index (χ0) is 21.8. The number of halogens is 1. The number of piperidine rings is 1. The Bertz CT molecular complexity index is 1060. The van der Waals surface area contributed by atoms with Crippen LogP contribution in [-0.4, -0.2) is 45.5 Å². The van der Waals surface area contributed by atoms with Crippen LogP contribution in [0, 0.1) is 0 Å². The minimum absolute atomic E-state index is 0.0222. The fourth-order valence-corrected chi connectivity index (χ4v) is 4.14. The third-order valence-electron chi connectivity index (χ3n) is 5.58. The van der Waals surface area contributed by atoms with Crippen LogP contribution >= 0.6 is 11.6 Å². The molecule has 162 valence electrons. The first-order valence-corrected chi connectivity index (χ1v) is 10.8. The minimum Gasteiger partial charge on any atom is -0.496 e. The van der Waals surface area contributed by atoms with Gasteiger partial charge in [-0.15, -0.1) is 0 Å². The predicted octanol–water partition coefficient (Wildman–Crippen LogP) is 4.30. The number of hydrogen-bond acceptors (Lipinski definition) is 5. The summed E-state index contributed by atoms with van der Waals surface area (Å²) < 4.78 is 7.51. The molecule has 0 saturated carbocycles. The second kappa shape index (κ2) is 9.39. The molecule has 0 spiro atoms. The van der Waals surface area contributed by atoms with E-state index >= 15 is 0 Å². The van der Waals surface area contributed by atoms with Crippen molar-refractivity contribution in [2.45, 2.75) is 25.3 Å². The average Bonchev–Trinajstić information content (AvgIpc) is 3.24. The van der Waals surface area contributed by atoms with Gasteiger partial charge in [0, 0.05) is 44.3 Å². The Balaban J connectivity index is 1.64. The van der Waals surface area contributed by atoms with Gasteiger partial charge in [0.1, 0.15) is 23.4 Å². The van der Waals surface area contributed by atoms with Crippen molar-refractivity contribution in [1.82, 2.24) is 19.4 Å². The van der Waals surface area contributed by atoms with Crippen molar-refractivity contribution in [2.24, 2.45) is 7.05 Å². The summed E-state index contributed by atoms with van der Waals surface area (Å²) in [6, 6.07) is 9.10. The van der Waals surface area contributed by atoms with Gasteiger partial charge in [0.25, 0.3) is 5.91 Å². The molecule has 1 atom stereocenters. The number of para-hydroxylation sites is 1. The third-order valence-corrected chi connectivity index (χ3v) is 5.87. The second-order valence-corrected chi connectivity index (χ2v) is 8.03. The molecule has 1 aliphatic rings. The van der Waals surface area contributed by atoms with Crippen LogP contribution in [0.2, 0.25) is 5.02 Å². The van der Waals surface area contributed by atoms with Gasteiger partial charge in [0.2, 0.25) is 0 Å². The van der Waals surface area contributed by atoms with Gasteiger partial charge in [-0.3, -0.25) is 4.79 Å². The van der Waals surface area contributed by atoms with E-state index in [1.165, 1.54) is 6.42 Å². The zero-order valence-corrected chi connectivity index (χ0v) is 18.5. The second-order valence-electron chi connectivity index (χ2n) is 7.62. The maximum atomic E-state index is 12.8. The monoisotopic (exact) mass is 439 g/mol. The molecule has 2 aromatic heterocycles. The molecule has 1 fully saturated rings. The van der Waals surface area contributed by atoms with Crippen LogP contribution in [0.5, 0.6) is 5.75 Å². The molecule has 1 saturated heterocycles. The summed E-state index contributed by atoms with van der Waals surface area (Å²) in [4.78, 5) is 23.7. The molecule has 0 radical (unpaired) electrons. The van der Waals surface area contributed by atoms with Crippen molar-refractivity contribution in [3.63, 3.8) is 0 Å². The number of aryl methyl sites for hydroxylation is 1. The van der Waals surface area contributed by atoms with Gasteiger partial charge in [0.15, 0.2) is 0 Å². The summed E-state index contributed by atoms with van der Waals surface area (Å²) in [6.45, 7) is 1.57. The van der Waals surface area contributed by atoms with Crippen molar-refractivity contribution < 1.29 is 9.53 Å². The lowest BCUT2D eigenvalue weighted by Crippen LogP contribution is -2.35. The molecule has 8 heteroatoms. The van der Waals surface area contributed by atoms with Gasteiger partial charge in [0.05, 0.1) is 17.7 Å². The van der Waals surface area contributed by atoms with Crippen molar-refractivity contribution in [3.05, 3.63) is 70.9 Å². The first kappa shape index (κ1) is 21.2. The molecular weight excluding hydrogens is 414 g/mol. The fourth-order valence-electron chi connectivity index (χ4n) is 3.92. The highest BCUT2D eigenvalue weighted by molar-refractivity contribution is 6.33. The Labute approximate surface area is 187 Å². The quantitative estimate of drug-likeness (QED) is 0.619. The van der Waals surface area contributed by atoms with Crippen LogP contribution in [0.15, 0.2) is 48.9 Å².